The fourth-order valence-electron chi connectivity index (χ4n) is 1.89. The molecule has 0 aliphatic rings. The molecule has 1 N–H and O–H groups in total. The second-order valence-electron chi connectivity index (χ2n) is 4.58. The first kappa shape index (κ1) is 13.6. The molecule has 0 aromatic carbocycles. The molecule has 0 amide bonds. The van der Waals surface area contributed by atoms with Crippen molar-refractivity contribution in [1.82, 2.24) is 24.9 Å². The number of hydrogen-bond donors (Lipinski definition) is 1. The maximum Gasteiger partial charge on any atom is 0.226 e. The quantitative estimate of drug-likeness (QED) is 0.749. The van der Waals surface area contributed by atoms with E-state index in [9.17, 15) is 0 Å². The topological polar surface area (TPSA) is 76.5 Å². The number of hydrogen-bond acceptors (Lipinski definition) is 6. The van der Waals surface area contributed by atoms with E-state index in [2.05, 4.69) is 30.2 Å². The van der Waals surface area contributed by atoms with Gasteiger partial charge < -0.3 is 5.32 Å². The lowest BCUT2D eigenvalue weighted by atomic mass is 10.3. The molecule has 0 aliphatic heterocycles. The van der Waals surface area contributed by atoms with E-state index in [-0.39, 0.29) is 5.28 Å². The van der Waals surface area contributed by atoms with Gasteiger partial charge in [-0.15, -0.1) is 0 Å². The van der Waals surface area contributed by atoms with Crippen LogP contribution in [-0.2, 0) is 6.54 Å². The number of rotatable bonds is 3. The smallest absolute Gasteiger partial charge is 0.226 e. The molecule has 21 heavy (non-hydrogen) atoms. The van der Waals surface area contributed by atoms with Crippen LogP contribution in [0.25, 0.3) is 11.2 Å². The molecule has 0 saturated carbocycles. The first-order valence-corrected chi connectivity index (χ1v) is 6.83. The van der Waals surface area contributed by atoms with Gasteiger partial charge in [0.1, 0.15) is 0 Å². The maximum absolute atomic E-state index is 5.95. The normalized spacial score (nSPS) is 10.8. The van der Waals surface area contributed by atoms with Crippen LogP contribution >= 0.6 is 11.6 Å². The van der Waals surface area contributed by atoms with Crippen LogP contribution in [0.3, 0.4) is 0 Å². The van der Waals surface area contributed by atoms with Gasteiger partial charge in [-0.3, -0.25) is 4.98 Å². The standard InChI is InChI=1S/C14H13ClN6/c1-8-9(2)19-13-11(18-8)12(20-14(15)21-13)17-7-10-5-3-4-6-16-10/h3-6H,7H2,1-2H3,(H,17,19,20,21). The summed E-state index contributed by atoms with van der Waals surface area (Å²) in [6, 6.07) is 5.74. The van der Waals surface area contributed by atoms with Crippen LogP contribution in [0.15, 0.2) is 24.4 Å². The first-order valence-electron chi connectivity index (χ1n) is 6.46. The highest BCUT2D eigenvalue weighted by atomic mass is 35.5. The van der Waals surface area contributed by atoms with Gasteiger partial charge in [-0.1, -0.05) is 6.07 Å². The third kappa shape index (κ3) is 2.90. The van der Waals surface area contributed by atoms with Crippen molar-refractivity contribution < 1.29 is 0 Å². The summed E-state index contributed by atoms with van der Waals surface area (Å²) in [5.74, 6) is 0.561. The van der Waals surface area contributed by atoms with Gasteiger partial charge in [0.2, 0.25) is 5.28 Å². The molecule has 0 spiro atoms. The van der Waals surface area contributed by atoms with Crippen molar-refractivity contribution in [2.45, 2.75) is 20.4 Å². The molecular formula is C14H13ClN6. The second-order valence-corrected chi connectivity index (χ2v) is 4.92. The van der Waals surface area contributed by atoms with Crippen LogP contribution in [0.1, 0.15) is 17.1 Å². The van der Waals surface area contributed by atoms with Gasteiger partial charge in [0.25, 0.3) is 0 Å². The van der Waals surface area contributed by atoms with E-state index in [0.717, 1.165) is 17.1 Å². The highest BCUT2D eigenvalue weighted by Gasteiger charge is 2.11. The fraction of sp³-hybridized carbons (Fsp3) is 0.214. The van der Waals surface area contributed by atoms with E-state index in [0.29, 0.717) is 23.5 Å². The van der Waals surface area contributed by atoms with Crippen LogP contribution in [-0.4, -0.2) is 24.9 Å². The summed E-state index contributed by atoms with van der Waals surface area (Å²) in [6.07, 6.45) is 1.75. The van der Waals surface area contributed by atoms with E-state index in [1.54, 1.807) is 6.20 Å². The fourth-order valence-corrected chi connectivity index (χ4v) is 2.05. The van der Waals surface area contributed by atoms with Crippen LogP contribution in [0.5, 0.6) is 0 Å². The third-order valence-electron chi connectivity index (χ3n) is 3.08. The zero-order valence-corrected chi connectivity index (χ0v) is 12.4. The molecule has 3 aromatic heterocycles. The number of anilines is 1. The molecule has 3 rings (SSSR count). The lowest BCUT2D eigenvalue weighted by Crippen LogP contribution is -2.07. The molecule has 0 aliphatic carbocycles. The molecule has 0 atom stereocenters. The van der Waals surface area contributed by atoms with Crippen molar-refractivity contribution in [2.75, 3.05) is 5.32 Å². The van der Waals surface area contributed by atoms with Gasteiger partial charge in [-0.05, 0) is 37.6 Å². The summed E-state index contributed by atoms with van der Waals surface area (Å²) in [6.45, 7) is 4.32. The molecule has 0 bridgehead atoms. The summed E-state index contributed by atoms with van der Waals surface area (Å²) in [5.41, 5.74) is 3.67. The largest absolute Gasteiger partial charge is 0.362 e. The molecule has 6 nitrogen and oxygen atoms in total. The number of pyridine rings is 1. The van der Waals surface area contributed by atoms with E-state index < -0.39 is 0 Å². The summed E-state index contributed by atoms with van der Waals surface area (Å²) in [7, 11) is 0. The van der Waals surface area contributed by atoms with E-state index in [4.69, 9.17) is 11.6 Å². The van der Waals surface area contributed by atoms with Gasteiger partial charge in [0, 0.05) is 6.20 Å². The van der Waals surface area contributed by atoms with Gasteiger partial charge >= 0.3 is 0 Å². The van der Waals surface area contributed by atoms with Gasteiger partial charge in [-0.25, -0.2) is 9.97 Å². The molecule has 0 unspecified atom stereocenters. The van der Waals surface area contributed by atoms with Crippen LogP contribution in [0, 0.1) is 13.8 Å². The Hall–Kier alpha value is -2.34. The SMILES string of the molecule is Cc1nc2nc(Cl)nc(NCc3ccccn3)c2nc1C. The number of nitrogens with zero attached hydrogens (tertiary/aromatic N) is 5. The van der Waals surface area contributed by atoms with Gasteiger partial charge in [-0.2, -0.15) is 9.97 Å². The molecule has 3 aromatic rings. The van der Waals surface area contributed by atoms with Gasteiger partial charge in [0.15, 0.2) is 17.0 Å². The van der Waals surface area contributed by atoms with Crippen molar-refractivity contribution in [2.24, 2.45) is 0 Å². The Morgan fingerprint density at radius 1 is 1.05 bits per heavy atom. The minimum absolute atomic E-state index is 0.142. The predicted molar refractivity (Wildman–Crippen MR) is 81.2 cm³/mol. The number of nitrogens with one attached hydrogen (secondary N) is 1. The third-order valence-corrected chi connectivity index (χ3v) is 3.25. The van der Waals surface area contributed by atoms with Crippen molar-refractivity contribution in [3.63, 3.8) is 0 Å². The molecule has 3 heterocycles. The lowest BCUT2D eigenvalue weighted by molar-refractivity contribution is 1.01. The van der Waals surface area contributed by atoms with E-state index >= 15 is 0 Å². The van der Waals surface area contributed by atoms with Crippen molar-refractivity contribution >= 4 is 28.6 Å². The Morgan fingerprint density at radius 3 is 2.62 bits per heavy atom. The van der Waals surface area contributed by atoms with Crippen LogP contribution < -0.4 is 5.32 Å². The van der Waals surface area contributed by atoms with Crippen molar-refractivity contribution in [3.05, 3.63) is 46.8 Å². The highest BCUT2D eigenvalue weighted by molar-refractivity contribution is 6.28. The summed E-state index contributed by atoms with van der Waals surface area (Å²) >= 11 is 5.95. The summed E-state index contributed by atoms with van der Waals surface area (Å²) < 4.78 is 0. The molecule has 106 valence electrons. The Morgan fingerprint density at radius 2 is 1.86 bits per heavy atom. The Labute approximate surface area is 126 Å². The Balaban J connectivity index is 1.99. The van der Waals surface area contributed by atoms with Crippen LogP contribution in [0.4, 0.5) is 5.82 Å². The van der Waals surface area contributed by atoms with E-state index in [1.807, 2.05) is 32.0 Å². The predicted octanol–water partition coefficient (Wildman–Crippen LogP) is 2.70. The lowest BCUT2D eigenvalue weighted by Gasteiger charge is -2.09. The Bertz CT molecular complexity index is 790. The average Bonchev–Trinajstić information content (AvgIpc) is 2.48. The molecule has 0 saturated heterocycles. The highest BCUT2D eigenvalue weighted by Crippen LogP contribution is 2.20. The minimum atomic E-state index is 0.142. The first-order chi connectivity index (χ1) is 10.1. The molecule has 0 fully saturated rings. The molecule has 0 radical (unpaired) electrons. The molecule has 7 heteroatoms. The zero-order chi connectivity index (χ0) is 14.8. The molecular weight excluding hydrogens is 288 g/mol. The van der Waals surface area contributed by atoms with Crippen molar-refractivity contribution in [3.8, 4) is 0 Å². The number of fused-ring (bicyclic) bond motifs is 1. The van der Waals surface area contributed by atoms with Crippen LogP contribution in [0.2, 0.25) is 5.28 Å². The van der Waals surface area contributed by atoms with E-state index in [1.165, 1.54) is 0 Å². The maximum atomic E-state index is 5.95. The summed E-state index contributed by atoms with van der Waals surface area (Å²) in [4.78, 5) is 21.5. The average molecular weight is 301 g/mol. The number of aromatic nitrogens is 5. The second kappa shape index (κ2) is 5.57. The minimum Gasteiger partial charge on any atom is -0.362 e. The Kier molecular flexibility index (Phi) is 3.62. The number of halogens is 1. The monoisotopic (exact) mass is 300 g/mol. The number of aryl methyl sites for hydroxylation is 2. The van der Waals surface area contributed by atoms with Gasteiger partial charge in [0.05, 0.1) is 23.6 Å². The zero-order valence-electron chi connectivity index (χ0n) is 11.6. The summed E-state index contributed by atoms with van der Waals surface area (Å²) in [5, 5.41) is 3.33. The van der Waals surface area contributed by atoms with Crippen molar-refractivity contribution in [1.29, 1.82) is 0 Å².